The summed E-state index contributed by atoms with van der Waals surface area (Å²) in [5.74, 6) is 0. The minimum atomic E-state index is 0.598. The molecule has 3 nitrogen and oxygen atoms in total. The number of nitrogens with zero attached hydrogens (tertiary/aromatic N) is 3. The fourth-order valence-corrected chi connectivity index (χ4v) is 2.38. The van der Waals surface area contributed by atoms with Gasteiger partial charge in [-0.1, -0.05) is 6.07 Å². The van der Waals surface area contributed by atoms with Gasteiger partial charge in [0.15, 0.2) is 5.69 Å². The van der Waals surface area contributed by atoms with Crippen molar-refractivity contribution in [3.8, 4) is 0 Å². The minimum Gasteiger partial charge on any atom is -0.342 e. The van der Waals surface area contributed by atoms with Gasteiger partial charge < -0.3 is 9.47 Å². The SMILES string of the molecule is [C-]#[N+]c1ccc2c(ccn2C2CN(C)C2)c1. The molecule has 1 fully saturated rings. The fourth-order valence-electron chi connectivity index (χ4n) is 2.38. The van der Waals surface area contributed by atoms with Gasteiger partial charge in [-0.3, -0.25) is 0 Å². The maximum atomic E-state index is 7.00. The van der Waals surface area contributed by atoms with Crippen molar-refractivity contribution in [2.24, 2.45) is 0 Å². The van der Waals surface area contributed by atoms with E-state index in [0.29, 0.717) is 6.04 Å². The van der Waals surface area contributed by atoms with Crippen molar-refractivity contribution in [3.63, 3.8) is 0 Å². The maximum Gasteiger partial charge on any atom is 0.187 e. The van der Waals surface area contributed by atoms with E-state index < -0.39 is 0 Å². The van der Waals surface area contributed by atoms with E-state index in [2.05, 4.69) is 39.7 Å². The van der Waals surface area contributed by atoms with E-state index in [0.717, 1.165) is 18.8 Å². The third-order valence-corrected chi connectivity index (χ3v) is 3.27. The number of rotatable bonds is 1. The molecule has 1 saturated heterocycles. The highest BCUT2D eigenvalue weighted by molar-refractivity contribution is 5.84. The van der Waals surface area contributed by atoms with E-state index in [1.165, 1.54) is 10.9 Å². The molecule has 1 aliphatic heterocycles. The first-order chi connectivity index (χ1) is 7.78. The van der Waals surface area contributed by atoms with Crippen LogP contribution in [0.25, 0.3) is 15.7 Å². The zero-order valence-electron chi connectivity index (χ0n) is 9.22. The zero-order chi connectivity index (χ0) is 11.1. The first-order valence-electron chi connectivity index (χ1n) is 5.44. The molecule has 80 valence electrons. The summed E-state index contributed by atoms with van der Waals surface area (Å²) in [6.07, 6.45) is 2.13. The number of likely N-dealkylation sites (tertiary alicyclic amines) is 1. The monoisotopic (exact) mass is 211 g/mol. The third-order valence-electron chi connectivity index (χ3n) is 3.27. The molecular weight excluding hydrogens is 198 g/mol. The lowest BCUT2D eigenvalue weighted by atomic mass is 10.1. The molecule has 16 heavy (non-hydrogen) atoms. The molecule has 0 spiro atoms. The van der Waals surface area contributed by atoms with Crippen molar-refractivity contribution < 1.29 is 0 Å². The van der Waals surface area contributed by atoms with Gasteiger partial charge in [0.05, 0.1) is 12.6 Å². The molecule has 0 aliphatic carbocycles. The molecule has 0 N–H and O–H groups in total. The summed E-state index contributed by atoms with van der Waals surface area (Å²) in [6, 6.07) is 8.61. The summed E-state index contributed by atoms with van der Waals surface area (Å²) < 4.78 is 2.32. The second-order valence-corrected chi connectivity index (χ2v) is 4.45. The van der Waals surface area contributed by atoms with Gasteiger partial charge in [0.25, 0.3) is 0 Å². The predicted octanol–water partition coefficient (Wildman–Crippen LogP) is 2.68. The maximum absolute atomic E-state index is 7.00. The minimum absolute atomic E-state index is 0.598. The Hall–Kier alpha value is -1.79. The summed E-state index contributed by atoms with van der Waals surface area (Å²) in [5, 5.41) is 1.17. The Balaban J connectivity index is 2.05. The molecule has 2 aromatic rings. The Morgan fingerprint density at radius 1 is 1.31 bits per heavy atom. The summed E-state index contributed by atoms with van der Waals surface area (Å²) in [5.41, 5.74) is 1.96. The van der Waals surface area contributed by atoms with Crippen LogP contribution in [0.2, 0.25) is 0 Å². The average molecular weight is 211 g/mol. The molecule has 0 radical (unpaired) electrons. The molecule has 0 unspecified atom stereocenters. The lowest BCUT2D eigenvalue weighted by Gasteiger charge is -2.37. The van der Waals surface area contributed by atoms with Crippen LogP contribution in [0.3, 0.4) is 0 Å². The summed E-state index contributed by atoms with van der Waals surface area (Å²) >= 11 is 0. The van der Waals surface area contributed by atoms with Crippen molar-refractivity contribution >= 4 is 16.6 Å². The standard InChI is InChI=1S/C13H13N3/c1-14-11-3-4-13-10(7-11)5-6-16(13)12-8-15(2)9-12/h3-7,12H,8-9H2,2H3. The highest BCUT2D eigenvalue weighted by Crippen LogP contribution is 2.28. The van der Waals surface area contributed by atoms with Crippen LogP contribution in [0.1, 0.15) is 6.04 Å². The Kier molecular flexibility index (Phi) is 1.98. The molecule has 0 bridgehead atoms. The highest BCUT2D eigenvalue weighted by atomic mass is 15.2. The molecule has 3 heteroatoms. The summed E-state index contributed by atoms with van der Waals surface area (Å²) in [6.45, 7) is 9.23. The van der Waals surface area contributed by atoms with Crippen molar-refractivity contribution in [2.75, 3.05) is 20.1 Å². The number of aromatic nitrogens is 1. The summed E-state index contributed by atoms with van der Waals surface area (Å²) in [7, 11) is 2.14. The van der Waals surface area contributed by atoms with Gasteiger partial charge >= 0.3 is 0 Å². The summed E-state index contributed by atoms with van der Waals surface area (Å²) in [4.78, 5) is 5.76. The Bertz CT molecular complexity index is 570. The lowest BCUT2D eigenvalue weighted by Crippen LogP contribution is -2.44. The van der Waals surface area contributed by atoms with Crippen molar-refractivity contribution in [1.29, 1.82) is 0 Å². The van der Waals surface area contributed by atoms with Gasteiger partial charge in [0, 0.05) is 24.8 Å². The Morgan fingerprint density at radius 2 is 2.12 bits per heavy atom. The van der Waals surface area contributed by atoms with Crippen LogP contribution in [0.4, 0.5) is 5.69 Å². The Labute approximate surface area is 94.7 Å². The van der Waals surface area contributed by atoms with Gasteiger partial charge in [-0.2, -0.15) is 0 Å². The van der Waals surface area contributed by atoms with Crippen LogP contribution in [0.15, 0.2) is 30.5 Å². The van der Waals surface area contributed by atoms with E-state index in [-0.39, 0.29) is 0 Å². The number of fused-ring (bicyclic) bond motifs is 1. The normalized spacial score (nSPS) is 17.2. The van der Waals surface area contributed by atoms with E-state index in [4.69, 9.17) is 6.57 Å². The Morgan fingerprint density at radius 3 is 2.81 bits per heavy atom. The first kappa shape index (κ1) is 9.44. The lowest BCUT2D eigenvalue weighted by molar-refractivity contribution is 0.144. The van der Waals surface area contributed by atoms with Crippen LogP contribution in [0, 0.1) is 6.57 Å². The van der Waals surface area contributed by atoms with Crippen molar-refractivity contribution in [3.05, 3.63) is 41.9 Å². The molecular formula is C13H13N3. The fraction of sp³-hybridized carbons (Fsp3) is 0.308. The van der Waals surface area contributed by atoms with E-state index >= 15 is 0 Å². The number of likely N-dealkylation sites (N-methyl/N-ethyl adjacent to an activating group) is 1. The van der Waals surface area contributed by atoms with Crippen LogP contribution >= 0.6 is 0 Å². The van der Waals surface area contributed by atoms with Crippen molar-refractivity contribution in [1.82, 2.24) is 9.47 Å². The van der Waals surface area contributed by atoms with Crippen LogP contribution in [-0.4, -0.2) is 29.6 Å². The van der Waals surface area contributed by atoms with E-state index in [1.54, 1.807) is 0 Å². The van der Waals surface area contributed by atoms with Gasteiger partial charge in [-0.05, 0) is 30.6 Å². The molecule has 3 rings (SSSR count). The van der Waals surface area contributed by atoms with Gasteiger partial charge in [-0.25, -0.2) is 4.85 Å². The van der Waals surface area contributed by atoms with Crippen molar-refractivity contribution in [2.45, 2.75) is 6.04 Å². The largest absolute Gasteiger partial charge is 0.342 e. The van der Waals surface area contributed by atoms with Crippen LogP contribution in [0.5, 0.6) is 0 Å². The predicted molar refractivity (Wildman–Crippen MR) is 64.7 cm³/mol. The second kappa shape index (κ2) is 3.36. The quantitative estimate of drug-likeness (QED) is 0.661. The van der Waals surface area contributed by atoms with Crippen LogP contribution < -0.4 is 0 Å². The molecule has 1 aliphatic rings. The zero-order valence-corrected chi connectivity index (χ0v) is 9.22. The van der Waals surface area contributed by atoms with E-state index in [9.17, 15) is 0 Å². The molecule has 0 atom stereocenters. The molecule has 1 aromatic heterocycles. The second-order valence-electron chi connectivity index (χ2n) is 4.45. The van der Waals surface area contributed by atoms with E-state index in [1.807, 2.05) is 12.1 Å². The van der Waals surface area contributed by atoms with Gasteiger partial charge in [0.2, 0.25) is 0 Å². The molecule has 2 heterocycles. The number of benzene rings is 1. The highest BCUT2D eigenvalue weighted by Gasteiger charge is 2.25. The topological polar surface area (TPSA) is 12.5 Å². The van der Waals surface area contributed by atoms with Gasteiger partial charge in [-0.15, -0.1) is 0 Å². The molecule has 0 saturated carbocycles. The molecule has 1 aromatic carbocycles. The average Bonchev–Trinajstić information content (AvgIpc) is 2.67. The smallest absolute Gasteiger partial charge is 0.187 e. The molecule has 0 amide bonds. The third kappa shape index (κ3) is 1.31. The number of hydrogen-bond donors (Lipinski definition) is 0. The van der Waals surface area contributed by atoms with Crippen LogP contribution in [-0.2, 0) is 0 Å². The number of hydrogen-bond acceptors (Lipinski definition) is 1. The van der Waals surface area contributed by atoms with Gasteiger partial charge in [0.1, 0.15) is 0 Å². The first-order valence-corrected chi connectivity index (χ1v) is 5.44.